The van der Waals surface area contributed by atoms with Crippen LogP contribution in [0, 0.1) is 0 Å². The van der Waals surface area contributed by atoms with E-state index in [1.165, 1.54) is 33.4 Å². The second-order valence-electron chi connectivity index (χ2n) is 7.69. The summed E-state index contributed by atoms with van der Waals surface area (Å²) in [5.41, 5.74) is 9.71. The molecule has 0 nitrogen and oxygen atoms in total. The highest BCUT2D eigenvalue weighted by atomic mass is 14.1. The smallest absolute Gasteiger partial charge is 0.00255 e. The maximum Gasteiger partial charge on any atom is -0.00255 e. The third kappa shape index (κ3) is 4.85. The Bertz CT molecular complexity index is 1060. The summed E-state index contributed by atoms with van der Waals surface area (Å²) in [6.45, 7) is 8.58. The van der Waals surface area contributed by atoms with Gasteiger partial charge < -0.3 is 0 Å². The van der Waals surface area contributed by atoms with E-state index in [4.69, 9.17) is 0 Å². The second kappa shape index (κ2) is 9.24. The van der Waals surface area contributed by atoms with Gasteiger partial charge in [-0.3, -0.25) is 0 Å². The first-order valence-corrected chi connectivity index (χ1v) is 10.3. The standard InChI is InChI=1S/C30H26/c1-23(27-13-5-3-6-14-27)19-25-11-9-17-29(21-25)30-18-10-12-26(22-30)20-24(2)28-15-7-4-8-16-28/h3-18,21-22H,1-2,19-20H2. The quantitative estimate of drug-likeness (QED) is 0.303. The van der Waals surface area contributed by atoms with Crippen LogP contribution in [-0.2, 0) is 12.8 Å². The van der Waals surface area contributed by atoms with Gasteiger partial charge in [0.25, 0.3) is 0 Å². The summed E-state index contributed by atoms with van der Waals surface area (Å²) in [6.07, 6.45) is 1.70. The molecule has 4 aromatic rings. The zero-order valence-electron chi connectivity index (χ0n) is 17.2. The average molecular weight is 387 g/mol. The van der Waals surface area contributed by atoms with Crippen LogP contribution in [0.2, 0.25) is 0 Å². The first-order chi connectivity index (χ1) is 14.7. The molecule has 0 aliphatic carbocycles. The normalized spacial score (nSPS) is 10.5. The van der Waals surface area contributed by atoms with E-state index in [1.807, 2.05) is 12.1 Å². The van der Waals surface area contributed by atoms with E-state index in [0.717, 1.165) is 24.0 Å². The van der Waals surface area contributed by atoms with E-state index in [1.54, 1.807) is 0 Å². The Kier molecular flexibility index (Phi) is 6.06. The molecule has 0 aliphatic heterocycles. The molecule has 0 aliphatic rings. The topological polar surface area (TPSA) is 0 Å². The minimum atomic E-state index is 0.850. The Morgan fingerprint density at radius 1 is 0.467 bits per heavy atom. The fraction of sp³-hybridized carbons (Fsp3) is 0.0667. The van der Waals surface area contributed by atoms with Gasteiger partial charge in [-0.05, 0) is 57.4 Å². The number of hydrogen-bond acceptors (Lipinski definition) is 0. The van der Waals surface area contributed by atoms with Crippen LogP contribution in [-0.4, -0.2) is 0 Å². The SMILES string of the molecule is C=C(Cc1cccc(-c2cccc(CC(=C)c3ccccc3)c2)c1)c1ccccc1. The van der Waals surface area contributed by atoms with Crippen LogP contribution in [0.5, 0.6) is 0 Å². The zero-order chi connectivity index (χ0) is 20.8. The van der Waals surface area contributed by atoms with Gasteiger partial charge in [-0.25, -0.2) is 0 Å². The van der Waals surface area contributed by atoms with Gasteiger partial charge in [-0.2, -0.15) is 0 Å². The van der Waals surface area contributed by atoms with Crippen molar-refractivity contribution in [3.05, 3.63) is 145 Å². The minimum Gasteiger partial charge on any atom is -0.0949 e. The highest BCUT2D eigenvalue weighted by Crippen LogP contribution is 2.26. The lowest BCUT2D eigenvalue weighted by Gasteiger charge is -2.11. The summed E-state index contributed by atoms with van der Waals surface area (Å²) < 4.78 is 0. The molecule has 0 amide bonds. The summed E-state index contributed by atoms with van der Waals surface area (Å²) in [4.78, 5) is 0. The molecule has 0 atom stereocenters. The summed E-state index contributed by atoms with van der Waals surface area (Å²) >= 11 is 0. The van der Waals surface area contributed by atoms with Crippen LogP contribution < -0.4 is 0 Å². The molecule has 0 unspecified atom stereocenters. The van der Waals surface area contributed by atoms with Crippen molar-refractivity contribution in [2.24, 2.45) is 0 Å². The molecule has 4 rings (SSSR count). The summed E-state index contributed by atoms with van der Waals surface area (Å²) in [5.74, 6) is 0. The van der Waals surface area contributed by atoms with E-state index >= 15 is 0 Å². The predicted octanol–water partition coefficient (Wildman–Crippen LogP) is 7.87. The Morgan fingerprint density at radius 2 is 0.867 bits per heavy atom. The molecule has 0 radical (unpaired) electrons. The van der Waals surface area contributed by atoms with Crippen molar-refractivity contribution in [3.63, 3.8) is 0 Å². The number of allylic oxidation sites excluding steroid dienone is 2. The Labute approximate surface area is 179 Å². The Hall–Kier alpha value is -3.64. The molecule has 0 aromatic heterocycles. The van der Waals surface area contributed by atoms with E-state index in [2.05, 4.69) is 110 Å². The van der Waals surface area contributed by atoms with Gasteiger partial charge in [0.15, 0.2) is 0 Å². The van der Waals surface area contributed by atoms with Crippen LogP contribution in [0.4, 0.5) is 0 Å². The molecule has 0 saturated carbocycles. The van der Waals surface area contributed by atoms with Crippen molar-refractivity contribution in [1.29, 1.82) is 0 Å². The van der Waals surface area contributed by atoms with Crippen molar-refractivity contribution in [2.45, 2.75) is 12.8 Å². The third-order valence-electron chi connectivity index (χ3n) is 5.39. The molecule has 146 valence electrons. The van der Waals surface area contributed by atoms with Gasteiger partial charge in [0, 0.05) is 0 Å². The predicted molar refractivity (Wildman–Crippen MR) is 130 cm³/mol. The van der Waals surface area contributed by atoms with Crippen molar-refractivity contribution in [1.82, 2.24) is 0 Å². The number of benzene rings is 4. The highest BCUT2D eigenvalue weighted by molar-refractivity contribution is 5.70. The summed E-state index contributed by atoms with van der Waals surface area (Å²) in [7, 11) is 0. The van der Waals surface area contributed by atoms with Gasteiger partial charge in [-0.1, -0.05) is 122 Å². The second-order valence-corrected chi connectivity index (χ2v) is 7.69. The van der Waals surface area contributed by atoms with Crippen LogP contribution in [0.15, 0.2) is 122 Å². The van der Waals surface area contributed by atoms with Crippen molar-refractivity contribution in [3.8, 4) is 11.1 Å². The van der Waals surface area contributed by atoms with E-state index in [0.29, 0.717) is 0 Å². The molecule has 0 N–H and O–H groups in total. The summed E-state index contributed by atoms with van der Waals surface area (Å²) in [6, 6.07) is 38.4. The molecular weight excluding hydrogens is 360 g/mol. The fourth-order valence-corrected chi connectivity index (χ4v) is 3.77. The van der Waals surface area contributed by atoms with Crippen molar-refractivity contribution >= 4 is 11.1 Å². The largest absolute Gasteiger partial charge is 0.0949 e. The molecule has 4 aromatic carbocycles. The average Bonchev–Trinajstić information content (AvgIpc) is 2.80. The number of rotatable bonds is 7. The van der Waals surface area contributed by atoms with Crippen LogP contribution >= 0.6 is 0 Å². The van der Waals surface area contributed by atoms with Crippen LogP contribution in [0.3, 0.4) is 0 Å². The van der Waals surface area contributed by atoms with Gasteiger partial charge in [0.2, 0.25) is 0 Å². The van der Waals surface area contributed by atoms with Gasteiger partial charge in [0.1, 0.15) is 0 Å². The minimum absolute atomic E-state index is 0.850. The maximum absolute atomic E-state index is 4.29. The lowest BCUT2D eigenvalue weighted by Crippen LogP contribution is -1.92. The van der Waals surface area contributed by atoms with Gasteiger partial charge in [0.05, 0.1) is 0 Å². The molecular formula is C30H26. The number of hydrogen-bond donors (Lipinski definition) is 0. The molecule has 30 heavy (non-hydrogen) atoms. The van der Waals surface area contributed by atoms with Crippen LogP contribution in [0.25, 0.3) is 22.3 Å². The van der Waals surface area contributed by atoms with E-state index < -0.39 is 0 Å². The first-order valence-electron chi connectivity index (χ1n) is 10.3. The summed E-state index contributed by atoms with van der Waals surface area (Å²) in [5, 5.41) is 0. The van der Waals surface area contributed by atoms with E-state index in [9.17, 15) is 0 Å². The molecule has 0 spiro atoms. The van der Waals surface area contributed by atoms with Crippen LogP contribution in [0.1, 0.15) is 22.3 Å². The monoisotopic (exact) mass is 386 g/mol. The third-order valence-corrected chi connectivity index (χ3v) is 5.39. The zero-order valence-corrected chi connectivity index (χ0v) is 17.2. The maximum atomic E-state index is 4.29. The van der Waals surface area contributed by atoms with Crippen molar-refractivity contribution in [2.75, 3.05) is 0 Å². The molecule has 0 heterocycles. The van der Waals surface area contributed by atoms with E-state index in [-0.39, 0.29) is 0 Å². The first kappa shape index (κ1) is 19.7. The lowest BCUT2D eigenvalue weighted by molar-refractivity contribution is 1.27. The highest BCUT2D eigenvalue weighted by Gasteiger charge is 2.06. The van der Waals surface area contributed by atoms with Crippen molar-refractivity contribution < 1.29 is 0 Å². The van der Waals surface area contributed by atoms with Gasteiger partial charge >= 0.3 is 0 Å². The molecule has 0 fully saturated rings. The Balaban J connectivity index is 1.52. The Morgan fingerprint density at radius 3 is 1.27 bits per heavy atom. The molecule has 0 bridgehead atoms. The molecule has 0 saturated heterocycles. The molecule has 0 heteroatoms. The lowest BCUT2D eigenvalue weighted by atomic mass is 9.94. The fourth-order valence-electron chi connectivity index (χ4n) is 3.77. The van der Waals surface area contributed by atoms with Gasteiger partial charge in [-0.15, -0.1) is 0 Å².